The van der Waals surface area contributed by atoms with E-state index >= 15 is 0 Å². The Morgan fingerprint density at radius 3 is 2.36 bits per heavy atom. The SMILES string of the molecule is COc1ccc(C(=O)OCC(=O)NC(=O)NCCC(C)C)cc1OC. The van der Waals surface area contributed by atoms with Crippen molar-refractivity contribution in [1.29, 1.82) is 0 Å². The van der Waals surface area contributed by atoms with Gasteiger partial charge in [0, 0.05) is 6.54 Å². The van der Waals surface area contributed by atoms with Gasteiger partial charge in [0.25, 0.3) is 5.91 Å². The summed E-state index contributed by atoms with van der Waals surface area (Å²) in [6.07, 6.45) is 0.801. The predicted octanol–water partition coefficient (Wildman–Crippen LogP) is 1.73. The summed E-state index contributed by atoms with van der Waals surface area (Å²) in [4.78, 5) is 35.1. The van der Waals surface area contributed by atoms with Crippen LogP contribution in [0.1, 0.15) is 30.6 Å². The number of imide groups is 1. The topological polar surface area (TPSA) is 103 Å². The zero-order chi connectivity index (χ0) is 18.8. The largest absolute Gasteiger partial charge is 0.493 e. The highest BCUT2D eigenvalue weighted by molar-refractivity contribution is 5.97. The highest BCUT2D eigenvalue weighted by Crippen LogP contribution is 2.27. The first kappa shape index (κ1) is 20.3. The Kier molecular flexibility index (Phi) is 8.25. The van der Waals surface area contributed by atoms with E-state index in [0.717, 1.165) is 6.42 Å². The highest BCUT2D eigenvalue weighted by Gasteiger charge is 2.14. The summed E-state index contributed by atoms with van der Waals surface area (Å²) in [5.74, 6) is -0.147. The van der Waals surface area contributed by atoms with Gasteiger partial charge in [0.15, 0.2) is 18.1 Å². The Bertz CT molecular complexity index is 615. The molecule has 0 spiro atoms. The molecule has 0 fully saturated rings. The zero-order valence-corrected chi connectivity index (χ0v) is 14.9. The molecule has 1 aromatic rings. The summed E-state index contributed by atoms with van der Waals surface area (Å²) in [5.41, 5.74) is 0.201. The van der Waals surface area contributed by atoms with Crippen molar-refractivity contribution in [2.24, 2.45) is 5.92 Å². The van der Waals surface area contributed by atoms with Gasteiger partial charge < -0.3 is 19.5 Å². The fourth-order valence-corrected chi connectivity index (χ4v) is 1.86. The third kappa shape index (κ3) is 7.11. The lowest BCUT2D eigenvalue weighted by Crippen LogP contribution is -2.41. The molecule has 0 saturated heterocycles. The molecule has 1 aromatic carbocycles. The van der Waals surface area contributed by atoms with E-state index in [-0.39, 0.29) is 5.56 Å². The van der Waals surface area contributed by atoms with E-state index in [9.17, 15) is 14.4 Å². The molecule has 0 unspecified atom stereocenters. The van der Waals surface area contributed by atoms with E-state index in [4.69, 9.17) is 14.2 Å². The van der Waals surface area contributed by atoms with Crippen LogP contribution < -0.4 is 20.1 Å². The molecule has 0 aliphatic heterocycles. The second-order valence-corrected chi connectivity index (χ2v) is 5.63. The van der Waals surface area contributed by atoms with Gasteiger partial charge in [0.2, 0.25) is 0 Å². The molecule has 25 heavy (non-hydrogen) atoms. The maximum absolute atomic E-state index is 12.0. The quantitative estimate of drug-likeness (QED) is 0.691. The average Bonchev–Trinajstić information content (AvgIpc) is 2.58. The van der Waals surface area contributed by atoms with Gasteiger partial charge in [-0.25, -0.2) is 9.59 Å². The molecule has 0 radical (unpaired) electrons. The van der Waals surface area contributed by atoms with Crippen LogP contribution in [0.3, 0.4) is 0 Å². The fourth-order valence-electron chi connectivity index (χ4n) is 1.86. The Balaban J connectivity index is 2.45. The number of nitrogens with one attached hydrogen (secondary N) is 2. The van der Waals surface area contributed by atoms with E-state index < -0.39 is 24.5 Å². The molecule has 138 valence electrons. The predicted molar refractivity (Wildman–Crippen MR) is 90.8 cm³/mol. The van der Waals surface area contributed by atoms with E-state index in [2.05, 4.69) is 10.6 Å². The van der Waals surface area contributed by atoms with E-state index in [1.807, 2.05) is 13.8 Å². The minimum atomic E-state index is -0.712. The van der Waals surface area contributed by atoms with Crippen LogP contribution in [0.5, 0.6) is 11.5 Å². The number of urea groups is 1. The van der Waals surface area contributed by atoms with Gasteiger partial charge in [0.1, 0.15) is 0 Å². The number of amides is 3. The minimum Gasteiger partial charge on any atom is -0.493 e. The van der Waals surface area contributed by atoms with Gasteiger partial charge in [-0.15, -0.1) is 0 Å². The van der Waals surface area contributed by atoms with E-state index in [1.165, 1.54) is 26.4 Å². The molecular formula is C17H24N2O6. The average molecular weight is 352 g/mol. The maximum atomic E-state index is 12.0. The summed E-state index contributed by atoms with van der Waals surface area (Å²) in [6, 6.07) is 3.86. The Labute approximate surface area is 146 Å². The summed E-state index contributed by atoms with van der Waals surface area (Å²) in [6.45, 7) is 3.95. The van der Waals surface area contributed by atoms with Crippen molar-refractivity contribution in [1.82, 2.24) is 10.6 Å². The van der Waals surface area contributed by atoms with Crippen molar-refractivity contribution in [3.8, 4) is 11.5 Å². The van der Waals surface area contributed by atoms with Crippen LogP contribution in [0.25, 0.3) is 0 Å². The molecule has 3 amide bonds. The normalized spacial score (nSPS) is 10.1. The minimum absolute atomic E-state index is 0.201. The van der Waals surface area contributed by atoms with Crippen molar-refractivity contribution >= 4 is 17.9 Å². The second kappa shape index (κ2) is 10.2. The molecule has 0 bridgehead atoms. The number of carbonyl (C=O) groups is 3. The Morgan fingerprint density at radius 1 is 1.08 bits per heavy atom. The van der Waals surface area contributed by atoms with Crippen molar-refractivity contribution in [2.75, 3.05) is 27.4 Å². The lowest BCUT2D eigenvalue weighted by molar-refractivity contribution is -0.123. The first-order valence-electron chi connectivity index (χ1n) is 7.84. The van der Waals surface area contributed by atoms with Crippen LogP contribution in [0.15, 0.2) is 18.2 Å². The molecule has 8 heteroatoms. The summed E-state index contributed by atoms with van der Waals surface area (Å²) >= 11 is 0. The number of methoxy groups -OCH3 is 2. The summed E-state index contributed by atoms with van der Waals surface area (Å²) in [7, 11) is 2.92. The number of esters is 1. The fraction of sp³-hybridized carbons (Fsp3) is 0.471. The zero-order valence-electron chi connectivity index (χ0n) is 14.9. The standard InChI is InChI=1S/C17H24N2O6/c1-11(2)7-8-18-17(22)19-15(20)10-25-16(21)12-5-6-13(23-3)14(9-12)24-4/h5-6,9,11H,7-8,10H2,1-4H3,(H2,18,19,20,22). The number of ether oxygens (including phenoxy) is 3. The summed E-state index contributed by atoms with van der Waals surface area (Å²) in [5, 5.41) is 4.64. The first-order chi connectivity index (χ1) is 11.9. The van der Waals surface area contributed by atoms with Crippen LogP contribution in [0.2, 0.25) is 0 Å². The first-order valence-corrected chi connectivity index (χ1v) is 7.84. The number of benzene rings is 1. The second-order valence-electron chi connectivity index (χ2n) is 5.63. The lowest BCUT2D eigenvalue weighted by Gasteiger charge is -2.10. The van der Waals surface area contributed by atoms with Crippen LogP contribution in [-0.2, 0) is 9.53 Å². The smallest absolute Gasteiger partial charge is 0.338 e. The molecule has 0 atom stereocenters. The van der Waals surface area contributed by atoms with Gasteiger partial charge in [-0.05, 0) is 30.5 Å². The highest BCUT2D eigenvalue weighted by atomic mass is 16.5. The van der Waals surface area contributed by atoms with E-state index in [1.54, 1.807) is 6.07 Å². The van der Waals surface area contributed by atoms with Crippen molar-refractivity contribution < 1.29 is 28.6 Å². The molecule has 0 aliphatic carbocycles. The molecular weight excluding hydrogens is 328 g/mol. The molecule has 0 heterocycles. The number of carbonyl (C=O) groups excluding carboxylic acids is 3. The van der Waals surface area contributed by atoms with Crippen LogP contribution in [0.4, 0.5) is 4.79 Å². The van der Waals surface area contributed by atoms with Crippen LogP contribution in [-0.4, -0.2) is 45.3 Å². The Hall–Kier alpha value is -2.77. The van der Waals surface area contributed by atoms with Crippen LogP contribution in [0, 0.1) is 5.92 Å². The monoisotopic (exact) mass is 352 g/mol. The molecule has 2 N–H and O–H groups in total. The van der Waals surface area contributed by atoms with Crippen molar-refractivity contribution in [2.45, 2.75) is 20.3 Å². The molecule has 0 saturated carbocycles. The lowest BCUT2D eigenvalue weighted by atomic mass is 10.1. The molecule has 8 nitrogen and oxygen atoms in total. The van der Waals surface area contributed by atoms with E-state index in [0.29, 0.717) is 24.0 Å². The molecule has 0 aliphatic rings. The Morgan fingerprint density at radius 2 is 1.76 bits per heavy atom. The van der Waals surface area contributed by atoms with Gasteiger partial charge in [-0.3, -0.25) is 10.1 Å². The molecule has 1 rings (SSSR count). The third-order valence-electron chi connectivity index (χ3n) is 3.21. The van der Waals surface area contributed by atoms with Gasteiger partial charge >= 0.3 is 12.0 Å². The number of rotatable bonds is 8. The van der Waals surface area contributed by atoms with Crippen LogP contribution >= 0.6 is 0 Å². The number of hydrogen-bond acceptors (Lipinski definition) is 6. The maximum Gasteiger partial charge on any atom is 0.338 e. The van der Waals surface area contributed by atoms with Gasteiger partial charge in [-0.2, -0.15) is 0 Å². The number of hydrogen-bond donors (Lipinski definition) is 2. The molecule has 0 aromatic heterocycles. The summed E-state index contributed by atoms with van der Waals surface area (Å²) < 4.78 is 15.0. The van der Waals surface area contributed by atoms with Gasteiger partial charge in [0.05, 0.1) is 19.8 Å². The van der Waals surface area contributed by atoms with Crippen molar-refractivity contribution in [3.63, 3.8) is 0 Å². The third-order valence-corrected chi connectivity index (χ3v) is 3.21. The van der Waals surface area contributed by atoms with Crippen molar-refractivity contribution in [3.05, 3.63) is 23.8 Å². The van der Waals surface area contributed by atoms with Gasteiger partial charge in [-0.1, -0.05) is 13.8 Å².